The molecule has 0 aromatic rings. The Morgan fingerprint density at radius 3 is 2.73 bits per heavy atom. The van der Waals surface area contributed by atoms with E-state index in [9.17, 15) is 0 Å². The predicted octanol–water partition coefficient (Wildman–Crippen LogP) is 1.46. The average Bonchev–Trinajstić information content (AvgIpc) is 2.07. The van der Waals surface area contributed by atoms with Gasteiger partial charge in [0.15, 0.2) is 0 Å². The minimum Gasteiger partial charge on any atom is -0.391 e. The average molecular weight is 153 g/mol. The number of methoxy groups -OCH3 is 1. The highest BCUT2D eigenvalue weighted by Crippen LogP contribution is 2.15. The van der Waals surface area contributed by atoms with E-state index in [1.54, 1.807) is 7.11 Å². The summed E-state index contributed by atoms with van der Waals surface area (Å²) >= 11 is 0. The van der Waals surface area contributed by atoms with Gasteiger partial charge in [-0.15, -0.1) is 0 Å². The van der Waals surface area contributed by atoms with Crippen LogP contribution < -0.4 is 5.32 Å². The molecule has 11 heavy (non-hydrogen) atoms. The maximum Gasteiger partial charge on any atom is 0.0676 e. The lowest BCUT2D eigenvalue weighted by Crippen LogP contribution is -2.09. The molecule has 2 nitrogen and oxygen atoms in total. The topological polar surface area (TPSA) is 21.3 Å². The molecule has 0 spiro atoms. The van der Waals surface area contributed by atoms with E-state index in [1.807, 2.05) is 7.05 Å². The van der Waals surface area contributed by atoms with Gasteiger partial charge >= 0.3 is 0 Å². The monoisotopic (exact) mass is 153 g/mol. The van der Waals surface area contributed by atoms with Gasteiger partial charge in [0.25, 0.3) is 0 Å². The predicted molar refractivity (Wildman–Crippen MR) is 46.3 cm³/mol. The van der Waals surface area contributed by atoms with Crippen LogP contribution in [-0.4, -0.2) is 20.8 Å². The van der Waals surface area contributed by atoms with Crippen LogP contribution in [-0.2, 0) is 4.74 Å². The highest BCUT2D eigenvalue weighted by molar-refractivity contribution is 5.23. The van der Waals surface area contributed by atoms with Gasteiger partial charge in [0.05, 0.1) is 6.61 Å². The van der Waals surface area contributed by atoms with Crippen molar-refractivity contribution in [3.63, 3.8) is 0 Å². The van der Waals surface area contributed by atoms with Crippen molar-refractivity contribution in [2.45, 2.75) is 12.8 Å². The van der Waals surface area contributed by atoms with Gasteiger partial charge in [0.2, 0.25) is 0 Å². The Bertz CT molecular complexity index is 182. The molecule has 0 aromatic heterocycles. The lowest BCUT2D eigenvalue weighted by molar-refractivity contribution is 0.222. The Balaban J connectivity index is 2.47. The normalized spacial score (nSPS) is 17.3. The van der Waals surface area contributed by atoms with Crippen LogP contribution in [0.1, 0.15) is 12.8 Å². The fourth-order valence-electron chi connectivity index (χ4n) is 1.19. The van der Waals surface area contributed by atoms with E-state index in [1.165, 1.54) is 11.3 Å². The van der Waals surface area contributed by atoms with E-state index in [-0.39, 0.29) is 0 Å². The molecule has 0 saturated heterocycles. The van der Waals surface area contributed by atoms with Crippen molar-refractivity contribution in [1.82, 2.24) is 5.32 Å². The number of hydrogen-bond donors (Lipinski definition) is 1. The lowest BCUT2D eigenvalue weighted by Gasteiger charge is -2.13. The van der Waals surface area contributed by atoms with E-state index in [4.69, 9.17) is 4.74 Å². The van der Waals surface area contributed by atoms with Crippen LogP contribution in [0, 0.1) is 0 Å². The van der Waals surface area contributed by atoms with Gasteiger partial charge in [-0.05, 0) is 24.5 Å². The summed E-state index contributed by atoms with van der Waals surface area (Å²) < 4.78 is 5.03. The second-order valence-electron chi connectivity index (χ2n) is 2.70. The van der Waals surface area contributed by atoms with E-state index >= 15 is 0 Å². The minimum absolute atomic E-state index is 0.771. The fourth-order valence-corrected chi connectivity index (χ4v) is 1.19. The van der Waals surface area contributed by atoms with Crippen molar-refractivity contribution < 1.29 is 4.74 Å². The molecule has 0 amide bonds. The van der Waals surface area contributed by atoms with Crippen LogP contribution in [0.5, 0.6) is 0 Å². The Morgan fingerprint density at radius 1 is 1.45 bits per heavy atom. The van der Waals surface area contributed by atoms with Crippen LogP contribution in [0.15, 0.2) is 23.4 Å². The zero-order valence-electron chi connectivity index (χ0n) is 7.18. The van der Waals surface area contributed by atoms with Crippen LogP contribution in [0.2, 0.25) is 0 Å². The molecule has 1 rings (SSSR count). The summed E-state index contributed by atoms with van der Waals surface area (Å²) in [7, 11) is 3.69. The van der Waals surface area contributed by atoms with Crippen LogP contribution in [0.3, 0.4) is 0 Å². The third kappa shape index (κ3) is 2.39. The summed E-state index contributed by atoms with van der Waals surface area (Å²) in [6, 6.07) is 0. The zero-order chi connectivity index (χ0) is 8.10. The van der Waals surface area contributed by atoms with Gasteiger partial charge in [-0.25, -0.2) is 0 Å². The van der Waals surface area contributed by atoms with E-state index in [0.29, 0.717) is 0 Å². The van der Waals surface area contributed by atoms with Crippen LogP contribution in [0.25, 0.3) is 0 Å². The summed E-state index contributed by atoms with van der Waals surface area (Å²) in [6.45, 7) is 0.771. The van der Waals surface area contributed by atoms with Crippen molar-refractivity contribution in [2.24, 2.45) is 0 Å². The second-order valence-corrected chi connectivity index (χ2v) is 2.70. The van der Waals surface area contributed by atoms with Crippen molar-refractivity contribution in [2.75, 3.05) is 20.8 Å². The van der Waals surface area contributed by atoms with Gasteiger partial charge in [0, 0.05) is 19.9 Å². The zero-order valence-corrected chi connectivity index (χ0v) is 7.18. The Labute approximate surface area is 67.9 Å². The Hall–Kier alpha value is -0.760. The molecular weight excluding hydrogens is 138 g/mol. The molecule has 0 aromatic carbocycles. The molecule has 1 aliphatic rings. The highest BCUT2D eigenvalue weighted by Gasteiger charge is 2.03. The summed E-state index contributed by atoms with van der Waals surface area (Å²) in [5.74, 6) is 0. The molecule has 2 heteroatoms. The number of allylic oxidation sites excluding steroid dienone is 3. The van der Waals surface area contributed by atoms with Gasteiger partial charge in [-0.3, -0.25) is 0 Å². The van der Waals surface area contributed by atoms with Crippen LogP contribution in [0.4, 0.5) is 0 Å². The summed E-state index contributed by atoms with van der Waals surface area (Å²) in [4.78, 5) is 0. The quantitative estimate of drug-likeness (QED) is 0.662. The number of rotatable bonds is 3. The maximum atomic E-state index is 5.03. The standard InChI is InChI=1S/C9H15NO/c1-10-9-5-3-8(4-6-9)7-11-2/h3,5,10H,4,6-7H2,1-2H3. The molecule has 0 unspecified atom stereocenters. The number of nitrogens with one attached hydrogen (secondary N) is 1. The molecule has 0 aliphatic heterocycles. The van der Waals surface area contributed by atoms with Gasteiger partial charge in [0.1, 0.15) is 0 Å². The summed E-state index contributed by atoms with van der Waals surface area (Å²) in [5, 5.41) is 3.14. The number of ether oxygens (including phenoxy) is 1. The van der Waals surface area contributed by atoms with E-state index < -0.39 is 0 Å². The molecule has 0 radical (unpaired) electrons. The first-order valence-corrected chi connectivity index (χ1v) is 3.92. The summed E-state index contributed by atoms with van der Waals surface area (Å²) in [5.41, 5.74) is 2.69. The van der Waals surface area contributed by atoms with Crippen LogP contribution >= 0.6 is 0 Å². The molecule has 0 heterocycles. The van der Waals surface area contributed by atoms with E-state index in [0.717, 1.165) is 19.4 Å². The Kier molecular flexibility index (Phi) is 3.17. The molecule has 62 valence electrons. The molecule has 0 fully saturated rings. The second kappa shape index (κ2) is 4.19. The van der Waals surface area contributed by atoms with Crippen molar-refractivity contribution >= 4 is 0 Å². The third-order valence-electron chi connectivity index (χ3n) is 1.89. The molecule has 1 aliphatic carbocycles. The molecule has 0 bridgehead atoms. The third-order valence-corrected chi connectivity index (χ3v) is 1.89. The van der Waals surface area contributed by atoms with E-state index in [2.05, 4.69) is 17.5 Å². The van der Waals surface area contributed by atoms with Crippen molar-refractivity contribution in [3.05, 3.63) is 23.4 Å². The lowest BCUT2D eigenvalue weighted by atomic mass is 10.0. The molecule has 0 atom stereocenters. The molecule has 0 saturated carbocycles. The van der Waals surface area contributed by atoms with Gasteiger partial charge in [-0.2, -0.15) is 0 Å². The maximum absolute atomic E-state index is 5.03. The van der Waals surface area contributed by atoms with Gasteiger partial charge < -0.3 is 10.1 Å². The first kappa shape index (κ1) is 8.34. The molecular formula is C9H15NO. The summed E-state index contributed by atoms with van der Waals surface area (Å²) in [6.07, 6.45) is 6.50. The fraction of sp³-hybridized carbons (Fsp3) is 0.556. The molecule has 1 N–H and O–H groups in total. The number of hydrogen-bond acceptors (Lipinski definition) is 2. The highest BCUT2D eigenvalue weighted by atomic mass is 16.5. The first-order chi connectivity index (χ1) is 5.36. The smallest absolute Gasteiger partial charge is 0.0676 e. The first-order valence-electron chi connectivity index (χ1n) is 3.92. The SMILES string of the molecule is CNC1=CC=C(COC)CC1. The Morgan fingerprint density at radius 2 is 2.27 bits per heavy atom. The van der Waals surface area contributed by atoms with Crippen molar-refractivity contribution in [3.8, 4) is 0 Å². The largest absolute Gasteiger partial charge is 0.391 e. The minimum atomic E-state index is 0.771. The van der Waals surface area contributed by atoms with Crippen molar-refractivity contribution in [1.29, 1.82) is 0 Å². The van der Waals surface area contributed by atoms with Gasteiger partial charge in [-0.1, -0.05) is 6.08 Å².